The lowest BCUT2D eigenvalue weighted by molar-refractivity contribution is -0.384. The van der Waals surface area contributed by atoms with Crippen LogP contribution in [0.5, 0.6) is 5.75 Å². The predicted molar refractivity (Wildman–Crippen MR) is 118 cm³/mol. The summed E-state index contributed by atoms with van der Waals surface area (Å²) in [5, 5.41) is 14.6. The van der Waals surface area contributed by atoms with Crippen molar-refractivity contribution in [3.63, 3.8) is 0 Å². The van der Waals surface area contributed by atoms with Gasteiger partial charge in [0.05, 0.1) is 28.8 Å². The number of hydrazone groups is 1. The van der Waals surface area contributed by atoms with Crippen LogP contribution in [0.4, 0.5) is 11.4 Å². The van der Waals surface area contributed by atoms with Crippen molar-refractivity contribution in [1.82, 2.24) is 5.43 Å². The van der Waals surface area contributed by atoms with Gasteiger partial charge >= 0.3 is 0 Å². The van der Waals surface area contributed by atoms with Crippen LogP contribution in [0, 0.1) is 10.1 Å². The van der Waals surface area contributed by atoms with E-state index in [4.69, 9.17) is 4.74 Å². The largest absolute Gasteiger partial charge is 0.495 e. The molecule has 164 valence electrons. The number of hydrogen-bond donors (Lipinski definition) is 2. The van der Waals surface area contributed by atoms with Crippen LogP contribution in [-0.4, -0.2) is 32.6 Å². The molecule has 0 unspecified atom stereocenters. The summed E-state index contributed by atoms with van der Waals surface area (Å²) in [5.41, 5.74) is 2.89. The zero-order valence-corrected chi connectivity index (χ0v) is 17.6. The lowest BCUT2D eigenvalue weighted by Gasteiger charge is -2.12. The quantitative estimate of drug-likeness (QED) is 0.304. The van der Waals surface area contributed by atoms with Gasteiger partial charge in [-0.3, -0.25) is 19.6 Å². The zero-order valence-electron chi connectivity index (χ0n) is 16.8. The first kappa shape index (κ1) is 22.4. The summed E-state index contributed by atoms with van der Waals surface area (Å²) in [7, 11) is -2.57. The van der Waals surface area contributed by atoms with Crippen molar-refractivity contribution < 1.29 is 22.9 Å². The number of para-hydroxylation sites is 2. The van der Waals surface area contributed by atoms with E-state index in [1.165, 1.54) is 55.8 Å². The molecule has 0 bridgehead atoms. The summed E-state index contributed by atoms with van der Waals surface area (Å²) in [4.78, 5) is 22.5. The van der Waals surface area contributed by atoms with Crippen LogP contribution in [0.1, 0.15) is 15.9 Å². The van der Waals surface area contributed by atoms with Crippen LogP contribution in [-0.2, 0) is 10.0 Å². The van der Waals surface area contributed by atoms with Crippen LogP contribution in [0.15, 0.2) is 82.8 Å². The number of nitro groups is 1. The highest BCUT2D eigenvalue weighted by Gasteiger charge is 2.18. The van der Waals surface area contributed by atoms with Crippen molar-refractivity contribution in [2.24, 2.45) is 5.10 Å². The van der Waals surface area contributed by atoms with Crippen LogP contribution < -0.4 is 14.9 Å². The average molecular weight is 454 g/mol. The van der Waals surface area contributed by atoms with Gasteiger partial charge in [-0.2, -0.15) is 5.10 Å². The fourth-order valence-corrected chi connectivity index (χ4v) is 3.80. The molecule has 0 saturated carbocycles. The smallest absolute Gasteiger partial charge is 0.271 e. The molecule has 0 aliphatic heterocycles. The van der Waals surface area contributed by atoms with Crippen molar-refractivity contribution in [3.8, 4) is 5.75 Å². The van der Waals surface area contributed by atoms with Crippen molar-refractivity contribution in [2.45, 2.75) is 4.90 Å². The maximum Gasteiger partial charge on any atom is 0.271 e. The Labute approximate surface area is 183 Å². The molecule has 32 heavy (non-hydrogen) atoms. The summed E-state index contributed by atoms with van der Waals surface area (Å²) < 4.78 is 33.1. The lowest BCUT2D eigenvalue weighted by atomic mass is 10.2. The Morgan fingerprint density at radius 1 is 1.06 bits per heavy atom. The first-order valence-corrected chi connectivity index (χ1v) is 10.6. The molecule has 0 atom stereocenters. The Balaban J connectivity index is 1.74. The van der Waals surface area contributed by atoms with E-state index in [1.807, 2.05) is 0 Å². The lowest BCUT2D eigenvalue weighted by Crippen LogP contribution is -2.19. The maximum atomic E-state index is 12.7. The number of nitrogens with zero attached hydrogens (tertiary/aromatic N) is 2. The van der Waals surface area contributed by atoms with E-state index in [9.17, 15) is 23.3 Å². The Bertz CT molecular complexity index is 1290. The summed E-state index contributed by atoms with van der Waals surface area (Å²) in [6.45, 7) is 0. The number of nitrogens with one attached hydrogen (secondary N) is 2. The molecule has 0 saturated heterocycles. The second-order valence-corrected chi connectivity index (χ2v) is 8.07. The third-order valence-electron chi connectivity index (χ3n) is 4.22. The standard InChI is InChI=1S/C21H18N4O6S/c1-31-20-11-3-2-10-19(20)24-32(29,30)18-9-5-7-16(13-18)21(26)23-22-14-15-6-4-8-17(12-15)25(27)28/h2-14,24H,1H3,(H,23,26). The van der Waals surface area contributed by atoms with E-state index in [0.29, 0.717) is 11.3 Å². The van der Waals surface area contributed by atoms with Crippen molar-refractivity contribution in [3.05, 3.63) is 94.0 Å². The normalized spacial score (nSPS) is 11.2. The number of anilines is 1. The van der Waals surface area contributed by atoms with Gasteiger partial charge in [-0.15, -0.1) is 0 Å². The van der Waals surface area contributed by atoms with Gasteiger partial charge < -0.3 is 4.74 Å². The van der Waals surface area contributed by atoms with E-state index in [1.54, 1.807) is 30.3 Å². The zero-order chi connectivity index (χ0) is 23.1. The molecule has 0 aliphatic carbocycles. The Hall–Kier alpha value is -4.25. The fraction of sp³-hybridized carbons (Fsp3) is 0.0476. The minimum atomic E-state index is -3.99. The van der Waals surface area contributed by atoms with E-state index >= 15 is 0 Å². The van der Waals surface area contributed by atoms with Gasteiger partial charge in [-0.25, -0.2) is 13.8 Å². The monoisotopic (exact) mass is 454 g/mol. The van der Waals surface area contributed by atoms with Gasteiger partial charge in [-0.05, 0) is 30.3 Å². The molecule has 0 heterocycles. The molecule has 0 aromatic heterocycles. The number of methoxy groups -OCH3 is 1. The maximum absolute atomic E-state index is 12.7. The average Bonchev–Trinajstić information content (AvgIpc) is 2.79. The van der Waals surface area contributed by atoms with Crippen LogP contribution in [0.25, 0.3) is 0 Å². The molecular weight excluding hydrogens is 436 g/mol. The molecule has 3 rings (SSSR count). The third kappa shape index (κ3) is 5.46. The molecule has 10 nitrogen and oxygen atoms in total. The summed E-state index contributed by atoms with van der Waals surface area (Å²) in [6.07, 6.45) is 1.24. The fourth-order valence-electron chi connectivity index (χ4n) is 2.69. The molecule has 1 amide bonds. The molecule has 11 heteroatoms. The van der Waals surface area contributed by atoms with E-state index in [2.05, 4.69) is 15.2 Å². The summed E-state index contributed by atoms with van der Waals surface area (Å²) in [5.74, 6) is -0.304. The van der Waals surface area contributed by atoms with E-state index in [0.717, 1.165) is 0 Å². The van der Waals surface area contributed by atoms with Crippen LogP contribution in [0.3, 0.4) is 0 Å². The number of rotatable bonds is 8. The second kappa shape index (κ2) is 9.71. The number of nitro benzene ring substituents is 1. The van der Waals surface area contributed by atoms with Crippen LogP contribution >= 0.6 is 0 Å². The Morgan fingerprint density at radius 2 is 1.81 bits per heavy atom. The number of non-ortho nitro benzene ring substituents is 1. The molecule has 3 aromatic rings. The Kier molecular flexibility index (Phi) is 6.80. The third-order valence-corrected chi connectivity index (χ3v) is 5.58. The van der Waals surface area contributed by atoms with Crippen LogP contribution in [0.2, 0.25) is 0 Å². The van der Waals surface area contributed by atoms with Gasteiger partial charge in [0.15, 0.2) is 0 Å². The molecule has 0 spiro atoms. The summed E-state index contributed by atoms with van der Waals surface area (Å²) in [6, 6.07) is 17.6. The van der Waals surface area contributed by atoms with Crippen molar-refractivity contribution in [1.29, 1.82) is 0 Å². The molecule has 0 fully saturated rings. The molecular formula is C21H18N4O6S. The number of amides is 1. The van der Waals surface area contributed by atoms with Gasteiger partial charge in [0, 0.05) is 23.3 Å². The minimum Gasteiger partial charge on any atom is -0.495 e. The molecule has 2 N–H and O–H groups in total. The van der Waals surface area contributed by atoms with E-state index in [-0.39, 0.29) is 21.8 Å². The number of carbonyl (C=O) groups excluding carboxylic acids is 1. The topological polar surface area (TPSA) is 140 Å². The number of carbonyl (C=O) groups is 1. The number of ether oxygens (including phenoxy) is 1. The SMILES string of the molecule is COc1ccccc1NS(=O)(=O)c1cccc(C(=O)NN=Cc2cccc([N+](=O)[O-])c2)c1. The first-order chi connectivity index (χ1) is 15.3. The van der Waals surface area contributed by atoms with Gasteiger partial charge in [0.2, 0.25) is 0 Å². The van der Waals surface area contributed by atoms with Crippen molar-refractivity contribution >= 4 is 33.5 Å². The highest BCUT2D eigenvalue weighted by molar-refractivity contribution is 7.92. The Morgan fingerprint density at radius 3 is 2.56 bits per heavy atom. The molecule has 0 aliphatic rings. The summed E-state index contributed by atoms with van der Waals surface area (Å²) >= 11 is 0. The molecule has 3 aromatic carbocycles. The van der Waals surface area contributed by atoms with Gasteiger partial charge in [0.1, 0.15) is 5.75 Å². The van der Waals surface area contributed by atoms with Gasteiger partial charge in [0.25, 0.3) is 21.6 Å². The second-order valence-electron chi connectivity index (χ2n) is 6.38. The number of hydrogen-bond acceptors (Lipinski definition) is 7. The minimum absolute atomic E-state index is 0.0593. The van der Waals surface area contributed by atoms with E-state index < -0.39 is 20.9 Å². The van der Waals surface area contributed by atoms with Gasteiger partial charge in [-0.1, -0.05) is 30.3 Å². The first-order valence-electron chi connectivity index (χ1n) is 9.14. The number of sulfonamides is 1. The van der Waals surface area contributed by atoms with Crippen molar-refractivity contribution in [2.75, 3.05) is 11.8 Å². The number of benzene rings is 3. The highest BCUT2D eigenvalue weighted by atomic mass is 32.2. The molecule has 0 radical (unpaired) electrons. The predicted octanol–water partition coefficient (Wildman–Crippen LogP) is 3.17. The highest BCUT2D eigenvalue weighted by Crippen LogP contribution is 2.26.